The zero-order valence-electron chi connectivity index (χ0n) is 46.7. The molecule has 11 rings (SSSR count). The second kappa shape index (κ2) is 20.1. The van der Waals surface area contributed by atoms with Gasteiger partial charge >= 0.3 is 6.18 Å². The Morgan fingerprint density at radius 1 is 0.458 bits per heavy atom. The van der Waals surface area contributed by atoms with E-state index in [1.807, 2.05) is 84.9 Å². The molecule has 83 heavy (non-hydrogen) atoms. The molecule has 3 aliphatic rings. The predicted molar refractivity (Wildman–Crippen MR) is 311 cm³/mol. The lowest BCUT2D eigenvalue weighted by atomic mass is 9.74. The quantitative estimate of drug-likeness (QED) is 0.108. The summed E-state index contributed by atoms with van der Waals surface area (Å²) in [4.78, 5) is 81.4. The van der Waals surface area contributed by atoms with Crippen molar-refractivity contribution in [2.75, 3.05) is 20.4 Å². The van der Waals surface area contributed by atoms with Gasteiger partial charge in [0, 0.05) is 36.1 Å². The van der Waals surface area contributed by atoms with E-state index in [0.717, 1.165) is 56.7 Å². The summed E-state index contributed by atoms with van der Waals surface area (Å²) in [6, 6.07) is 48.7. The third kappa shape index (κ3) is 9.68. The predicted octanol–water partition coefficient (Wildman–Crippen LogP) is 15.0. The molecule has 2 heterocycles. The van der Waals surface area contributed by atoms with Gasteiger partial charge in [0.15, 0.2) is 0 Å². The summed E-state index contributed by atoms with van der Waals surface area (Å²) in [5, 5.41) is 5.52. The maximum Gasteiger partial charge on any atom is 0.402 e. The number of ether oxygens (including phenoxy) is 2. The van der Waals surface area contributed by atoms with Crippen LogP contribution in [-0.2, 0) is 31.2 Å². The van der Waals surface area contributed by atoms with Gasteiger partial charge in [0.25, 0.3) is 23.6 Å². The largest absolute Gasteiger partial charge is 0.457 e. The fourth-order valence-electron chi connectivity index (χ4n) is 12.0. The molecule has 8 aromatic rings. The van der Waals surface area contributed by atoms with Crippen LogP contribution < -0.4 is 29.9 Å². The number of amides is 6. The minimum Gasteiger partial charge on any atom is -0.457 e. The fourth-order valence-corrected chi connectivity index (χ4v) is 12.0. The van der Waals surface area contributed by atoms with E-state index in [-0.39, 0.29) is 56.6 Å². The molecular formula is C68H57F3N4O8. The van der Waals surface area contributed by atoms with Crippen LogP contribution in [0.1, 0.15) is 142 Å². The standard InChI is InChI=1S/C68H57F3N4O8/c1-39(76)72-46-17-9-43(10-18-46)66(7)38-64(3,4)59-37-49(23-34-58(59)66)75-61(79)55-33-16-45(36-57(55)63(75)81)67(8,68(69,70)71)44-15-32-54-56(35-44)62(80)74(60(54)78)48-21-30-53(31-22-48)83-51-26-13-42(14-27-51)65(5,6)41-11-24-50(25-12-41)82-52-28-19-47(20-29-52)73-40(2)77/h9-37H,38H2,1-8H3,(H,72,76)(H,73,77). The van der Waals surface area contributed by atoms with E-state index in [1.54, 1.807) is 42.5 Å². The van der Waals surface area contributed by atoms with Gasteiger partial charge in [-0.1, -0.05) is 89.2 Å². The van der Waals surface area contributed by atoms with Crippen LogP contribution in [0.25, 0.3) is 0 Å². The van der Waals surface area contributed by atoms with Gasteiger partial charge < -0.3 is 20.1 Å². The summed E-state index contributed by atoms with van der Waals surface area (Å²) in [7, 11) is 0. The summed E-state index contributed by atoms with van der Waals surface area (Å²) < 4.78 is 59.4. The van der Waals surface area contributed by atoms with Gasteiger partial charge in [-0.3, -0.25) is 28.8 Å². The lowest BCUT2D eigenvalue weighted by Crippen LogP contribution is -2.41. The van der Waals surface area contributed by atoms with E-state index in [2.05, 4.69) is 45.3 Å². The Balaban J connectivity index is 0.779. The smallest absolute Gasteiger partial charge is 0.402 e. The van der Waals surface area contributed by atoms with E-state index in [0.29, 0.717) is 40.8 Å². The van der Waals surface area contributed by atoms with Crippen molar-refractivity contribution in [1.82, 2.24) is 0 Å². The minimum absolute atomic E-state index is 0.0525. The Morgan fingerprint density at radius 3 is 1.27 bits per heavy atom. The highest BCUT2D eigenvalue weighted by Gasteiger charge is 2.55. The van der Waals surface area contributed by atoms with E-state index in [1.165, 1.54) is 50.2 Å². The van der Waals surface area contributed by atoms with Gasteiger partial charge in [-0.2, -0.15) is 13.2 Å². The average molecular weight is 1120 g/mol. The molecule has 0 radical (unpaired) electrons. The normalized spacial score (nSPS) is 17.0. The van der Waals surface area contributed by atoms with Gasteiger partial charge in [0.2, 0.25) is 11.8 Å². The van der Waals surface area contributed by atoms with Crippen LogP contribution in [0.3, 0.4) is 0 Å². The van der Waals surface area contributed by atoms with E-state index in [9.17, 15) is 28.8 Å². The molecule has 0 spiro atoms. The Kier molecular flexibility index (Phi) is 13.4. The number of halogens is 3. The molecule has 2 unspecified atom stereocenters. The molecule has 8 aromatic carbocycles. The zero-order chi connectivity index (χ0) is 59.1. The monoisotopic (exact) mass is 1110 g/mol. The number of fused-ring (bicyclic) bond motifs is 3. The first-order chi connectivity index (χ1) is 39.3. The molecule has 2 atom stereocenters. The second-order valence-corrected chi connectivity index (χ2v) is 23.0. The van der Waals surface area contributed by atoms with Crippen molar-refractivity contribution in [2.45, 2.75) is 89.6 Å². The van der Waals surface area contributed by atoms with Crippen molar-refractivity contribution in [2.24, 2.45) is 0 Å². The highest BCUT2D eigenvalue weighted by molar-refractivity contribution is 6.35. The number of benzene rings is 8. The highest BCUT2D eigenvalue weighted by atomic mass is 19.4. The van der Waals surface area contributed by atoms with Crippen molar-refractivity contribution >= 4 is 58.2 Å². The lowest BCUT2D eigenvalue weighted by Gasteiger charge is -2.33. The Labute approximate surface area is 477 Å². The minimum atomic E-state index is -4.99. The number of carbonyl (C=O) groups excluding carboxylic acids is 6. The van der Waals surface area contributed by atoms with Crippen molar-refractivity contribution in [1.29, 1.82) is 0 Å². The summed E-state index contributed by atoms with van der Waals surface area (Å²) in [6.07, 6.45) is -4.30. The van der Waals surface area contributed by atoms with Gasteiger partial charge in [0.1, 0.15) is 28.4 Å². The number of hydrogen-bond donors (Lipinski definition) is 2. The molecular weight excluding hydrogens is 1060 g/mol. The first-order valence-electron chi connectivity index (χ1n) is 27.0. The fraction of sp³-hybridized carbons (Fsp3) is 0.206. The second-order valence-electron chi connectivity index (χ2n) is 23.0. The van der Waals surface area contributed by atoms with Crippen molar-refractivity contribution < 1.29 is 51.4 Å². The zero-order valence-corrected chi connectivity index (χ0v) is 46.7. The number of nitrogens with one attached hydrogen (secondary N) is 2. The van der Waals surface area contributed by atoms with E-state index < -0.39 is 51.5 Å². The molecule has 0 bridgehead atoms. The maximum absolute atomic E-state index is 15.7. The van der Waals surface area contributed by atoms with Crippen molar-refractivity contribution in [3.8, 4) is 23.0 Å². The Hall–Kier alpha value is -9.63. The first-order valence-corrected chi connectivity index (χ1v) is 27.0. The third-order valence-corrected chi connectivity index (χ3v) is 16.6. The number of rotatable bonds is 13. The molecule has 12 nitrogen and oxygen atoms in total. The van der Waals surface area contributed by atoms with Gasteiger partial charge in [0.05, 0.1) is 33.6 Å². The van der Waals surface area contributed by atoms with Crippen LogP contribution >= 0.6 is 0 Å². The summed E-state index contributed by atoms with van der Waals surface area (Å²) in [5.74, 6) is -1.11. The number of carbonyl (C=O) groups is 6. The topological polar surface area (TPSA) is 151 Å². The molecule has 2 N–H and O–H groups in total. The number of nitrogens with zero attached hydrogens (tertiary/aromatic N) is 2. The molecule has 0 aromatic heterocycles. The molecule has 2 aliphatic heterocycles. The van der Waals surface area contributed by atoms with Crippen molar-refractivity contribution in [3.05, 3.63) is 237 Å². The Bertz CT molecular complexity index is 3990. The van der Waals surface area contributed by atoms with Crippen LogP contribution in [-0.4, -0.2) is 41.6 Å². The number of alkyl halides is 3. The molecule has 0 saturated carbocycles. The SMILES string of the molecule is CC(=O)Nc1ccc(Oc2ccc(C(C)(C)c3ccc(Oc4ccc(N5C(=O)c6ccc(C(C)(c7ccc8c(c7)C(=O)N(c7ccc9c(c7)C(C)(C)CC9(C)c7ccc(NC(C)=O)cc7)C8=O)C(F)(F)F)cc6C5=O)cc4)cc3)cc2)cc1. The molecule has 0 saturated heterocycles. The van der Waals surface area contributed by atoms with Crippen LogP contribution in [0, 0.1) is 0 Å². The van der Waals surface area contributed by atoms with Crippen LogP contribution in [0.5, 0.6) is 23.0 Å². The summed E-state index contributed by atoms with van der Waals surface area (Å²) >= 11 is 0. The maximum atomic E-state index is 15.7. The Morgan fingerprint density at radius 2 is 0.831 bits per heavy atom. The van der Waals surface area contributed by atoms with Gasteiger partial charge in [-0.25, -0.2) is 9.80 Å². The molecule has 15 heteroatoms. The van der Waals surface area contributed by atoms with Gasteiger partial charge in [-0.05, 0) is 179 Å². The van der Waals surface area contributed by atoms with Crippen LogP contribution in [0.2, 0.25) is 0 Å². The number of anilines is 4. The van der Waals surface area contributed by atoms with Gasteiger partial charge in [-0.15, -0.1) is 0 Å². The van der Waals surface area contributed by atoms with Crippen molar-refractivity contribution in [3.63, 3.8) is 0 Å². The molecule has 6 amide bonds. The number of imide groups is 2. The van der Waals surface area contributed by atoms with Crippen LogP contribution in [0.15, 0.2) is 176 Å². The molecule has 418 valence electrons. The summed E-state index contributed by atoms with van der Waals surface area (Å²) in [6.45, 7) is 14.3. The van der Waals surface area contributed by atoms with E-state index >= 15 is 13.2 Å². The summed E-state index contributed by atoms with van der Waals surface area (Å²) in [5.41, 5.74) is 1.47. The first kappa shape index (κ1) is 55.3. The van der Waals surface area contributed by atoms with Crippen LogP contribution in [0.4, 0.5) is 35.9 Å². The lowest BCUT2D eigenvalue weighted by molar-refractivity contribution is -0.173. The third-order valence-electron chi connectivity index (χ3n) is 16.6. The van der Waals surface area contributed by atoms with E-state index in [4.69, 9.17) is 9.47 Å². The highest BCUT2D eigenvalue weighted by Crippen LogP contribution is 2.54. The molecule has 0 fully saturated rings. The average Bonchev–Trinajstić information content (AvgIpc) is 3.80. The molecule has 1 aliphatic carbocycles. The number of hydrogen-bond acceptors (Lipinski definition) is 8.